The molecule has 4 heteroatoms. The van der Waals surface area contributed by atoms with Crippen molar-refractivity contribution < 1.29 is 0 Å². The monoisotopic (exact) mass is 235 g/mol. The van der Waals surface area contributed by atoms with E-state index < -0.39 is 0 Å². The van der Waals surface area contributed by atoms with Crippen LogP contribution in [0.4, 0.5) is 5.95 Å². The van der Waals surface area contributed by atoms with Crippen molar-refractivity contribution in [1.82, 2.24) is 9.55 Å². The van der Waals surface area contributed by atoms with E-state index in [4.69, 9.17) is 0 Å². The fraction of sp³-hybridized carbons (Fsp3) is 0.417. The fourth-order valence-corrected chi connectivity index (χ4v) is 2.68. The average molecular weight is 235 g/mol. The third kappa shape index (κ3) is 2.11. The summed E-state index contributed by atoms with van der Waals surface area (Å²) in [4.78, 5) is 5.66. The summed E-state index contributed by atoms with van der Waals surface area (Å²) in [5.74, 6) is 0.921. The standard InChI is InChI=1S/C12H17N3S/c1-12(2,10-5-4-8-16-10)9-15-7-6-14-11(15)13-3/h4-8H,9H2,1-3H3,(H,13,14). The smallest absolute Gasteiger partial charge is 0.202 e. The van der Waals surface area contributed by atoms with Gasteiger partial charge >= 0.3 is 0 Å². The lowest BCUT2D eigenvalue weighted by atomic mass is 9.91. The maximum absolute atomic E-state index is 4.26. The lowest BCUT2D eigenvalue weighted by Crippen LogP contribution is -2.23. The zero-order chi connectivity index (χ0) is 11.6. The molecule has 0 aliphatic heterocycles. The highest BCUT2D eigenvalue weighted by molar-refractivity contribution is 7.10. The SMILES string of the molecule is CNc1nccn1CC(C)(C)c1cccs1. The molecule has 2 aromatic heterocycles. The van der Waals surface area contributed by atoms with Gasteiger partial charge in [-0.15, -0.1) is 11.3 Å². The lowest BCUT2D eigenvalue weighted by Gasteiger charge is -2.24. The Kier molecular flexibility index (Phi) is 3.01. The van der Waals surface area contributed by atoms with Crippen LogP contribution < -0.4 is 5.32 Å². The summed E-state index contributed by atoms with van der Waals surface area (Å²) in [7, 11) is 1.90. The molecule has 2 heterocycles. The second kappa shape index (κ2) is 4.29. The molecule has 1 N–H and O–H groups in total. The topological polar surface area (TPSA) is 29.9 Å². The predicted octanol–water partition coefficient (Wildman–Crippen LogP) is 2.96. The van der Waals surface area contributed by atoms with Gasteiger partial charge in [-0.2, -0.15) is 0 Å². The third-order valence-electron chi connectivity index (χ3n) is 2.69. The van der Waals surface area contributed by atoms with Gasteiger partial charge in [-0.25, -0.2) is 4.98 Å². The summed E-state index contributed by atoms with van der Waals surface area (Å²) in [5, 5.41) is 5.23. The Bertz CT molecular complexity index is 443. The van der Waals surface area contributed by atoms with Gasteiger partial charge in [-0.3, -0.25) is 0 Å². The highest BCUT2D eigenvalue weighted by Crippen LogP contribution is 2.29. The molecule has 0 fully saturated rings. The minimum atomic E-state index is 0.139. The van der Waals surface area contributed by atoms with Crippen molar-refractivity contribution >= 4 is 17.3 Å². The molecule has 0 saturated heterocycles. The van der Waals surface area contributed by atoms with E-state index in [0.29, 0.717) is 0 Å². The molecule has 0 unspecified atom stereocenters. The quantitative estimate of drug-likeness (QED) is 0.883. The van der Waals surface area contributed by atoms with Gasteiger partial charge in [0.25, 0.3) is 0 Å². The minimum Gasteiger partial charge on any atom is -0.359 e. The predicted molar refractivity (Wildman–Crippen MR) is 69.1 cm³/mol. The van der Waals surface area contributed by atoms with Crippen molar-refractivity contribution in [2.75, 3.05) is 12.4 Å². The second-order valence-corrected chi connectivity index (χ2v) is 5.44. The van der Waals surface area contributed by atoms with Crippen molar-refractivity contribution in [1.29, 1.82) is 0 Å². The van der Waals surface area contributed by atoms with Crippen LogP contribution in [0.15, 0.2) is 29.9 Å². The van der Waals surface area contributed by atoms with E-state index in [1.165, 1.54) is 4.88 Å². The van der Waals surface area contributed by atoms with Crippen LogP contribution in [-0.2, 0) is 12.0 Å². The number of thiophene rings is 1. The molecular formula is C12H17N3S. The van der Waals surface area contributed by atoms with Crippen LogP contribution in [0.2, 0.25) is 0 Å². The third-order valence-corrected chi connectivity index (χ3v) is 3.93. The first-order valence-electron chi connectivity index (χ1n) is 5.36. The average Bonchev–Trinajstić information content (AvgIpc) is 2.86. The van der Waals surface area contributed by atoms with Crippen molar-refractivity contribution in [3.63, 3.8) is 0 Å². The number of imidazole rings is 1. The molecular weight excluding hydrogens is 218 g/mol. The van der Waals surface area contributed by atoms with E-state index in [1.54, 1.807) is 0 Å². The number of nitrogens with one attached hydrogen (secondary N) is 1. The first-order chi connectivity index (χ1) is 7.63. The number of hydrogen-bond acceptors (Lipinski definition) is 3. The van der Waals surface area contributed by atoms with Gasteiger partial charge in [0.2, 0.25) is 5.95 Å². The Morgan fingerprint density at radius 1 is 1.50 bits per heavy atom. The summed E-state index contributed by atoms with van der Waals surface area (Å²) < 4.78 is 2.15. The Morgan fingerprint density at radius 3 is 2.94 bits per heavy atom. The Morgan fingerprint density at radius 2 is 2.31 bits per heavy atom. The van der Waals surface area contributed by atoms with Gasteiger partial charge in [0.1, 0.15) is 0 Å². The number of aromatic nitrogens is 2. The molecule has 0 aromatic carbocycles. The fourth-order valence-electron chi connectivity index (χ4n) is 1.83. The minimum absolute atomic E-state index is 0.139. The molecule has 0 aliphatic rings. The molecule has 0 atom stereocenters. The number of nitrogens with zero attached hydrogens (tertiary/aromatic N) is 2. The van der Waals surface area contributed by atoms with Crippen LogP contribution in [0.3, 0.4) is 0 Å². The van der Waals surface area contributed by atoms with E-state index in [-0.39, 0.29) is 5.41 Å². The van der Waals surface area contributed by atoms with E-state index in [1.807, 2.05) is 30.8 Å². The van der Waals surface area contributed by atoms with Crippen LogP contribution in [0.1, 0.15) is 18.7 Å². The maximum Gasteiger partial charge on any atom is 0.202 e. The highest BCUT2D eigenvalue weighted by atomic mass is 32.1. The van der Waals surface area contributed by atoms with Gasteiger partial charge in [-0.1, -0.05) is 19.9 Å². The summed E-state index contributed by atoms with van der Waals surface area (Å²) in [6.07, 6.45) is 3.84. The van der Waals surface area contributed by atoms with E-state index in [2.05, 4.69) is 46.2 Å². The molecule has 2 rings (SSSR count). The molecule has 0 amide bonds. The van der Waals surface area contributed by atoms with Gasteiger partial charge in [0.05, 0.1) is 0 Å². The van der Waals surface area contributed by atoms with E-state index >= 15 is 0 Å². The maximum atomic E-state index is 4.26. The normalized spacial score (nSPS) is 11.7. The number of rotatable bonds is 4. The van der Waals surface area contributed by atoms with Crippen molar-refractivity contribution in [3.05, 3.63) is 34.8 Å². The molecule has 3 nitrogen and oxygen atoms in total. The van der Waals surface area contributed by atoms with Crippen LogP contribution in [0, 0.1) is 0 Å². The van der Waals surface area contributed by atoms with E-state index in [0.717, 1.165) is 12.5 Å². The summed E-state index contributed by atoms with van der Waals surface area (Å²) >= 11 is 1.81. The van der Waals surface area contributed by atoms with Gasteiger partial charge < -0.3 is 9.88 Å². The van der Waals surface area contributed by atoms with Crippen molar-refractivity contribution in [2.45, 2.75) is 25.8 Å². The van der Waals surface area contributed by atoms with Crippen LogP contribution in [-0.4, -0.2) is 16.6 Å². The first-order valence-corrected chi connectivity index (χ1v) is 6.24. The molecule has 0 bridgehead atoms. The largest absolute Gasteiger partial charge is 0.359 e. The van der Waals surface area contributed by atoms with E-state index in [9.17, 15) is 0 Å². The molecule has 16 heavy (non-hydrogen) atoms. The van der Waals surface area contributed by atoms with Gasteiger partial charge in [0.15, 0.2) is 0 Å². The Balaban J connectivity index is 2.21. The van der Waals surface area contributed by atoms with Gasteiger partial charge in [-0.05, 0) is 11.4 Å². The molecule has 0 radical (unpaired) electrons. The molecule has 0 saturated carbocycles. The zero-order valence-electron chi connectivity index (χ0n) is 9.90. The molecule has 0 spiro atoms. The number of hydrogen-bond donors (Lipinski definition) is 1. The summed E-state index contributed by atoms with van der Waals surface area (Å²) in [5.41, 5.74) is 0.139. The molecule has 2 aromatic rings. The second-order valence-electron chi connectivity index (χ2n) is 4.49. The summed E-state index contributed by atoms with van der Waals surface area (Å²) in [6.45, 7) is 5.46. The summed E-state index contributed by atoms with van der Waals surface area (Å²) in [6, 6.07) is 4.30. The molecule has 0 aliphatic carbocycles. The first kappa shape index (κ1) is 11.2. The highest BCUT2D eigenvalue weighted by Gasteiger charge is 2.23. The molecule has 86 valence electrons. The zero-order valence-corrected chi connectivity index (χ0v) is 10.7. The van der Waals surface area contributed by atoms with Crippen LogP contribution in [0.25, 0.3) is 0 Å². The Hall–Kier alpha value is -1.29. The van der Waals surface area contributed by atoms with Crippen molar-refractivity contribution in [3.8, 4) is 0 Å². The number of anilines is 1. The Labute approximate surface area is 100 Å². The van der Waals surface area contributed by atoms with Crippen molar-refractivity contribution in [2.24, 2.45) is 0 Å². The van der Waals surface area contributed by atoms with Crippen LogP contribution in [0.5, 0.6) is 0 Å². The van der Waals surface area contributed by atoms with Gasteiger partial charge in [0, 0.05) is 36.3 Å². The van der Waals surface area contributed by atoms with Crippen LogP contribution >= 0.6 is 11.3 Å². The lowest BCUT2D eigenvalue weighted by molar-refractivity contribution is 0.445.